The lowest BCUT2D eigenvalue weighted by Crippen LogP contribution is -2.01. The molecule has 2 rings (SSSR count). The van der Waals surface area contributed by atoms with Gasteiger partial charge in [-0.05, 0) is 28.3 Å². The zero-order chi connectivity index (χ0) is 11.7. The maximum Gasteiger partial charge on any atom is 0.354 e. The molecule has 0 aliphatic carbocycles. The van der Waals surface area contributed by atoms with Gasteiger partial charge in [-0.3, -0.25) is 4.68 Å². The molecule has 0 radical (unpaired) electrons. The minimum Gasteiger partial charge on any atom is -0.477 e. The van der Waals surface area contributed by atoms with Crippen molar-refractivity contribution < 1.29 is 9.90 Å². The fourth-order valence-corrected chi connectivity index (χ4v) is 2.31. The third kappa shape index (κ3) is 1.92. The number of aromatic carboxylic acids is 1. The van der Waals surface area contributed by atoms with Crippen LogP contribution in [-0.2, 0) is 5.88 Å². The minimum atomic E-state index is -1.03. The van der Waals surface area contributed by atoms with Gasteiger partial charge in [-0.25, -0.2) is 9.78 Å². The van der Waals surface area contributed by atoms with Crippen molar-refractivity contribution in [1.82, 2.24) is 14.8 Å². The van der Waals surface area contributed by atoms with Crippen LogP contribution in [-0.4, -0.2) is 32.1 Å². The van der Waals surface area contributed by atoms with Crippen molar-refractivity contribution in [3.8, 4) is 0 Å². The molecule has 2 aromatic heterocycles. The Hall–Kier alpha value is -1.08. The largest absolute Gasteiger partial charge is 0.477 e. The van der Waals surface area contributed by atoms with E-state index in [1.54, 1.807) is 16.4 Å². The Labute approximate surface area is 104 Å². The molecule has 2 heterocycles. The van der Waals surface area contributed by atoms with Gasteiger partial charge < -0.3 is 5.11 Å². The van der Waals surface area contributed by atoms with Gasteiger partial charge in [-0.15, -0.1) is 11.8 Å². The predicted molar refractivity (Wildman–Crippen MR) is 65.7 cm³/mol. The maximum absolute atomic E-state index is 10.8. The Balaban J connectivity index is 2.64. The molecular weight excluding hydrogens is 294 g/mol. The molecule has 7 heteroatoms. The van der Waals surface area contributed by atoms with Crippen LogP contribution < -0.4 is 0 Å². The summed E-state index contributed by atoms with van der Waals surface area (Å²) in [5, 5.41) is 13.9. The molecule has 0 fully saturated rings. The third-order valence-electron chi connectivity index (χ3n) is 2.06. The molecule has 84 valence electrons. The highest BCUT2D eigenvalue weighted by atomic mass is 79.9. The molecule has 0 spiro atoms. The fraction of sp³-hybridized carbons (Fsp3) is 0.222. The second-order valence-electron chi connectivity index (χ2n) is 3.10. The number of aromatic nitrogens is 3. The number of carboxylic acid groups (broad SMARTS) is 1. The summed E-state index contributed by atoms with van der Waals surface area (Å²) in [6, 6.07) is 1.53. The number of hydrogen-bond acceptors (Lipinski definition) is 4. The first-order valence-electron chi connectivity index (χ1n) is 4.37. The van der Waals surface area contributed by atoms with Gasteiger partial charge in [0.25, 0.3) is 0 Å². The van der Waals surface area contributed by atoms with E-state index < -0.39 is 5.97 Å². The smallest absolute Gasteiger partial charge is 0.354 e. The molecular formula is C9H8BrN3O2S. The molecule has 1 N–H and O–H groups in total. The van der Waals surface area contributed by atoms with Crippen LogP contribution in [0.1, 0.15) is 10.5 Å². The highest BCUT2D eigenvalue weighted by molar-refractivity contribution is 9.10. The number of fused-ring (bicyclic) bond motifs is 1. The van der Waals surface area contributed by atoms with Crippen molar-refractivity contribution >= 4 is 44.6 Å². The molecule has 0 atom stereocenters. The van der Waals surface area contributed by atoms with Gasteiger partial charge in [0, 0.05) is 6.20 Å². The third-order valence-corrected chi connectivity index (χ3v) is 3.15. The summed E-state index contributed by atoms with van der Waals surface area (Å²) >= 11 is 4.93. The van der Waals surface area contributed by atoms with Crippen molar-refractivity contribution in [2.75, 3.05) is 6.26 Å². The second-order valence-corrected chi connectivity index (χ2v) is 4.69. The van der Waals surface area contributed by atoms with E-state index in [-0.39, 0.29) is 5.69 Å². The van der Waals surface area contributed by atoms with Crippen molar-refractivity contribution in [1.29, 1.82) is 0 Å². The zero-order valence-corrected chi connectivity index (χ0v) is 10.7. The van der Waals surface area contributed by atoms with Crippen molar-refractivity contribution in [3.05, 3.63) is 22.6 Å². The predicted octanol–water partition coefficient (Wildman–Crippen LogP) is 2.21. The molecule has 2 aromatic rings. The van der Waals surface area contributed by atoms with Gasteiger partial charge in [-0.1, -0.05) is 0 Å². The number of halogens is 1. The number of carbonyl (C=O) groups is 1. The molecule has 0 aromatic carbocycles. The highest BCUT2D eigenvalue weighted by Gasteiger charge is 2.12. The van der Waals surface area contributed by atoms with Gasteiger partial charge in [0.05, 0.1) is 16.8 Å². The number of pyridine rings is 1. The van der Waals surface area contributed by atoms with E-state index in [4.69, 9.17) is 5.11 Å². The number of rotatable bonds is 3. The minimum absolute atomic E-state index is 0.0299. The second kappa shape index (κ2) is 4.42. The molecule has 0 saturated heterocycles. The van der Waals surface area contributed by atoms with Crippen LogP contribution in [0.25, 0.3) is 10.9 Å². The topological polar surface area (TPSA) is 68.0 Å². The van der Waals surface area contributed by atoms with Crippen LogP contribution >= 0.6 is 27.7 Å². The molecule has 0 saturated carbocycles. The molecule has 0 amide bonds. The standard InChI is InChI=1S/C9H8BrN3O2S/c1-16-4-13-7-2-6(9(14)15)11-3-5(7)8(10)12-13/h2-3H,4H2,1H3,(H,14,15). The molecule has 5 nitrogen and oxygen atoms in total. The number of thioether (sulfide) groups is 1. The summed E-state index contributed by atoms with van der Waals surface area (Å²) in [6.45, 7) is 0. The van der Waals surface area contributed by atoms with Gasteiger partial charge in [0.15, 0.2) is 0 Å². The Morgan fingerprint density at radius 1 is 1.69 bits per heavy atom. The first-order chi connectivity index (χ1) is 7.63. The fourth-order valence-electron chi connectivity index (χ4n) is 1.37. The average Bonchev–Trinajstić information content (AvgIpc) is 2.56. The van der Waals surface area contributed by atoms with Gasteiger partial charge >= 0.3 is 5.97 Å². The van der Waals surface area contributed by atoms with Crippen molar-refractivity contribution in [2.24, 2.45) is 0 Å². The lowest BCUT2D eigenvalue weighted by molar-refractivity contribution is 0.0690. The first-order valence-corrected chi connectivity index (χ1v) is 6.56. The van der Waals surface area contributed by atoms with E-state index in [2.05, 4.69) is 26.0 Å². The average molecular weight is 302 g/mol. The van der Waals surface area contributed by atoms with Crippen LogP contribution in [0.15, 0.2) is 16.9 Å². The normalized spacial score (nSPS) is 10.9. The maximum atomic E-state index is 10.8. The first kappa shape index (κ1) is 11.4. The van der Waals surface area contributed by atoms with Gasteiger partial charge in [-0.2, -0.15) is 5.10 Å². The van der Waals surface area contributed by atoms with Crippen molar-refractivity contribution in [2.45, 2.75) is 5.88 Å². The van der Waals surface area contributed by atoms with E-state index in [1.807, 2.05) is 6.26 Å². The molecule has 0 unspecified atom stereocenters. The van der Waals surface area contributed by atoms with E-state index in [0.717, 1.165) is 10.9 Å². The number of nitrogens with zero attached hydrogens (tertiary/aromatic N) is 3. The van der Waals surface area contributed by atoms with Crippen LogP contribution in [0.5, 0.6) is 0 Å². The van der Waals surface area contributed by atoms with E-state index >= 15 is 0 Å². The van der Waals surface area contributed by atoms with Crippen LogP contribution in [0, 0.1) is 0 Å². The molecule has 0 aliphatic heterocycles. The SMILES string of the molecule is CSCn1nc(Br)c2cnc(C(=O)O)cc21. The molecule has 0 bridgehead atoms. The van der Waals surface area contributed by atoms with Crippen LogP contribution in [0.3, 0.4) is 0 Å². The lowest BCUT2D eigenvalue weighted by atomic mass is 10.3. The summed E-state index contributed by atoms with van der Waals surface area (Å²) in [7, 11) is 0. The summed E-state index contributed by atoms with van der Waals surface area (Å²) in [4.78, 5) is 14.7. The zero-order valence-electron chi connectivity index (χ0n) is 8.35. The van der Waals surface area contributed by atoms with Gasteiger partial charge in [0.1, 0.15) is 10.3 Å². The Kier molecular flexibility index (Phi) is 3.15. The lowest BCUT2D eigenvalue weighted by Gasteiger charge is -2.00. The van der Waals surface area contributed by atoms with E-state index in [0.29, 0.717) is 10.5 Å². The summed E-state index contributed by atoms with van der Waals surface area (Å²) < 4.78 is 2.43. The summed E-state index contributed by atoms with van der Waals surface area (Å²) in [5.41, 5.74) is 0.802. The van der Waals surface area contributed by atoms with E-state index in [1.165, 1.54) is 12.3 Å². The highest BCUT2D eigenvalue weighted by Crippen LogP contribution is 2.24. The Morgan fingerprint density at radius 2 is 2.44 bits per heavy atom. The Morgan fingerprint density at radius 3 is 3.06 bits per heavy atom. The summed E-state index contributed by atoms with van der Waals surface area (Å²) in [6.07, 6.45) is 3.48. The van der Waals surface area contributed by atoms with E-state index in [9.17, 15) is 4.79 Å². The number of hydrogen-bond donors (Lipinski definition) is 1. The molecule has 16 heavy (non-hydrogen) atoms. The van der Waals surface area contributed by atoms with Crippen LogP contribution in [0.4, 0.5) is 0 Å². The monoisotopic (exact) mass is 301 g/mol. The quantitative estimate of drug-likeness (QED) is 0.941. The summed E-state index contributed by atoms with van der Waals surface area (Å²) in [5.74, 6) is -0.361. The van der Waals surface area contributed by atoms with Gasteiger partial charge in [0.2, 0.25) is 0 Å². The van der Waals surface area contributed by atoms with Crippen LogP contribution in [0.2, 0.25) is 0 Å². The van der Waals surface area contributed by atoms with Crippen molar-refractivity contribution in [3.63, 3.8) is 0 Å². The Bertz CT molecular complexity index is 555. The molecule has 0 aliphatic rings. The number of carboxylic acids is 1.